The topological polar surface area (TPSA) is 113 Å². The molecule has 1 aromatic heterocycles. The number of ether oxygens (including phenoxy) is 1. The first kappa shape index (κ1) is 24.5. The molecule has 2 amide bonds. The first-order valence-electron chi connectivity index (χ1n) is 10.1. The number of carbonyl (C=O) groups excluding carboxylic acids is 1. The zero-order chi connectivity index (χ0) is 24.7. The SMILES string of the molecule is N=Cc1c(Oc2ccc(NC(=O)Nc3ccc(CCCF)c(C(F)(F)F)c3)cc2)ccnc1N. The second kappa shape index (κ2) is 10.6. The van der Waals surface area contributed by atoms with E-state index in [1.165, 1.54) is 30.5 Å². The minimum absolute atomic E-state index is 0.0206. The summed E-state index contributed by atoms with van der Waals surface area (Å²) in [6.45, 7) is -0.718. The summed E-state index contributed by atoms with van der Waals surface area (Å²) in [6.07, 6.45) is -2.24. The lowest BCUT2D eigenvalue weighted by molar-refractivity contribution is -0.138. The molecule has 7 nitrogen and oxygen atoms in total. The number of urea groups is 1. The molecule has 0 aliphatic carbocycles. The lowest BCUT2D eigenvalue weighted by atomic mass is 10.0. The van der Waals surface area contributed by atoms with Gasteiger partial charge in [-0.1, -0.05) is 6.07 Å². The Morgan fingerprint density at radius 3 is 2.41 bits per heavy atom. The molecule has 5 N–H and O–H groups in total. The van der Waals surface area contributed by atoms with E-state index < -0.39 is 24.4 Å². The largest absolute Gasteiger partial charge is 0.456 e. The van der Waals surface area contributed by atoms with Crippen LogP contribution in [-0.4, -0.2) is 23.9 Å². The van der Waals surface area contributed by atoms with Crippen LogP contribution in [-0.2, 0) is 12.6 Å². The van der Waals surface area contributed by atoms with Crippen molar-refractivity contribution in [3.8, 4) is 11.5 Å². The summed E-state index contributed by atoms with van der Waals surface area (Å²) in [5.41, 5.74) is 5.40. The molecule has 34 heavy (non-hydrogen) atoms. The van der Waals surface area contributed by atoms with Gasteiger partial charge in [0.15, 0.2) is 0 Å². The summed E-state index contributed by atoms with van der Waals surface area (Å²) in [7, 11) is 0. The van der Waals surface area contributed by atoms with Crippen molar-refractivity contribution in [2.75, 3.05) is 23.0 Å². The Hall–Kier alpha value is -4.15. The summed E-state index contributed by atoms with van der Waals surface area (Å²) in [6, 6.07) is 10.4. The highest BCUT2D eigenvalue weighted by Crippen LogP contribution is 2.34. The molecule has 11 heteroatoms. The fraction of sp³-hybridized carbons (Fsp3) is 0.174. The Morgan fingerprint density at radius 2 is 1.76 bits per heavy atom. The van der Waals surface area contributed by atoms with Gasteiger partial charge in [-0.15, -0.1) is 0 Å². The minimum Gasteiger partial charge on any atom is -0.456 e. The molecule has 3 rings (SSSR count). The molecule has 0 radical (unpaired) electrons. The number of nitrogen functional groups attached to an aromatic ring is 1. The Kier molecular flexibility index (Phi) is 7.67. The van der Waals surface area contributed by atoms with Crippen molar-refractivity contribution in [2.24, 2.45) is 0 Å². The molecule has 0 saturated carbocycles. The Morgan fingerprint density at radius 1 is 1.09 bits per heavy atom. The number of halogens is 4. The highest BCUT2D eigenvalue weighted by atomic mass is 19.4. The number of nitrogens with one attached hydrogen (secondary N) is 3. The summed E-state index contributed by atoms with van der Waals surface area (Å²) in [5, 5.41) is 12.3. The van der Waals surface area contributed by atoms with Crippen molar-refractivity contribution in [1.82, 2.24) is 4.98 Å². The van der Waals surface area contributed by atoms with Crippen molar-refractivity contribution in [3.63, 3.8) is 0 Å². The van der Waals surface area contributed by atoms with Gasteiger partial charge in [0, 0.05) is 23.8 Å². The third kappa shape index (κ3) is 6.21. The van der Waals surface area contributed by atoms with Crippen molar-refractivity contribution in [3.05, 3.63) is 71.4 Å². The third-order valence-electron chi connectivity index (χ3n) is 4.72. The van der Waals surface area contributed by atoms with Gasteiger partial charge in [-0.2, -0.15) is 13.2 Å². The standard InChI is InChI=1S/C23H21F4N5O2/c24-10-1-2-14-3-4-16(12-19(14)23(25,26)27)32-22(33)31-15-5-7-17(8-6-15)34-20-9-11-30-21(29)18(20)13-28/h3-9,11-13,28H,1-2,10H2,(H2,29,30)(H2,31,32,33). The van der Waals surface area contributed by atoms with Crippen LogP contribution in [0.4, 0.5) is 39.5 Å². The molecule has 3 aromatic rings. The predicted molar refractivity (Wildman–Crippen MR) is 121 cm³/mol. The molecule has 0 aliphatic rings. The molecule has 0 saturated heterocycles. The van der Waals surface area contributed by atoms with Crippen molar-refractivity contribution in [2.45, 2.75) is 19.0 Å². The maximum absolute atomic E-state index is 13.3. The van der Waals surface area contributed by atoms with Crippen molar-refractivity contribution < 1.29 is 27.1 Å². The number of benzene rings is 2. The molecular weight excluding hydrogens is 454 g/mol. The van der Waals surface area contributed by atoms with Gasteiger partial charge in [0.05, 0.1) is 17.8 Å². The normalized spacial score (nSPS) is 11.1. The quantitative estimate of drug-likeness (QED) is 0.236. The molecule has 0 fully saturated rings. The van der Waals surface area contributed by atoms with Gasteiger partial charge in [0.2, 0.25) is 0 Å². The van der Waals surface area contributed by atoms with E-state index in [1.807, 2.05) is 0 Å². The van der Waals surface area contributed by atoms with Gasteiger partial charge in [-0.3, -0.25) is 4.39 Å². The maximum atomic E-state index is 13.3. The average molecular weight is 475 g/mol. The van der Waals surface area contributed by atoms with Crippen molar-refractivity contribution >= 4 is 29.4 Å². The van der Waals surface area contributed by atoms with Gasteiger partial charge in [0.1, 0.15) is 17.3 Å². The molecular formula is C23H21F4N5O2. The molecule has 2 aromatic carbocycles. The monoisotopic (exact) mass is 475 g/mol. The second-order valence-corrected chi connectivity index (χ2v) is 7.12. The average Bonchev–Trinajstić information content (AvgIpc) is 2.79. The summed E-state index contributed by atoms with van der Waals surface area (Å²) in [5.74, 6) is 0.876. The number of pyridine rings is 1. The number of hydrogen-bond acceptors (Lipinski definition) is 5. The second-order valence-electron chi connectivity index (χ2n) is 7.12. The molecule has 0 spiro atoms. The van der Waals surface area contributed by atoms with Crippen LogP contribution in [0.15, 0.2) is 54.7 Å². The van der Waals surface area contributed by atoms with Gasteiger partial charge < -0.3 is 26.5 Å². The number of aryl methyl sites for hydroxylation is 1. The van der Waals surface area contributed by atoms with Gasteiger partial charge >= 0.3 is 12.2 Å². The van der Waals surface area contributed by atoms with Crippen LogP contribution in [0.5, 0.6) is 11.5 Å². The van der Waals surface area contributed by atoms with E-state index in [-0.39, 0.29) is 29.9 Å². The van der Waals surface area contributed by atoms with Crippen LogP contribution in [0.3, 0.4) is 0 Å². The minimum atomic E-state index is -4.63. The lowest BCUT2D eigenvalue weighted by Gasteiger charge is -2.15. The fourth-order valence-electron chi connectivity index (χ4n) is 3.12. The summed E-state index contributed by atoms with van der Waals surface area (Å²) >= 11 is 0. The maximum Gasteiger partial charge on any atom is 0.416 e. The van der Waals surface area contributed by atoms with E-state index in [2.05, 4.69) is 15.6 Å². The smallest absolute Gasteiger partial charge is 0.416 e. The Bertz CT molecular complexity index is 1170. The first-order chi connectivity index (χ1) is 16.2. The molecule has 0 atom stereocenters. The van der Waals surface area contributed by atoms with Crippen molar-refractivity contribution in [1.29, 1.82) is 5.41 Å². The predicted octanol–water partition coefficient (Wildman–Crippen LogP) is 6.02. The van der Waals surface area contributed by atoms with E-state index in [4.69, 9.17) is 15.9 Å². The first-order valence-corrected chi connectivity index (χ1v) is 10.1. The van der Waals surface area contributed by atoms with E-state index in [0.717, 1.165) is 12.3 Å². The van der Waals surface area contributed by atoms with Gasteiger partial charge in [0.25, 0.3) is 0 Å². The van der Waals surface area contributed by atoms with Gasteiger partial charge in [-0.25, -0.2) is 9.78 Å². The lowest BCUT2D eigenvalue weighted by Crippen LogP contribution is -2.20. The van der Waals surface area contributed by atoms with E-state index in [9.17, 15) is 22.4 Å². The van der Waals surface area contributed by atoms with Crippen LogP contribution < -0.4 is 21.1 Å². The highest BCUT2D eigenvalue weighted by molar-refractivity contribution is 5.99. The summed E-state index contributed by atoms with van der Waals surface area (Å²) in [4.78, 5) is 16.2. The number of anilines is 3. The Labute approximate surface area is 192 Å². The number of amides is 2. The summed E-state index contributed by atoms with van der Waals surface area (Å²) < 4.78 is 58.1. The van der Waals surface area contributed by atoms with Gasteiger partial charge in [-0.05, 0) is 60.9 Å². The van der Waals surface area contributed by atoms with Crippen LogP contribution in [0.25, 0.3) is 0 Å². The highest BCUT2D eigenvalue weighted by Gasteiger charge is 2.33. The molecule has 178 valence electrons. The van der Waals surface area contributed by atoms with Crippen LogP contribution >= 0.6 is 0 Å². The zero-order valence-electron chi connectivity index (χ0n) is 17.7. The molecule has 0 aliphatic heterocycles. The number of rotatable bonds is 8. The molecule has 0 unspecified atom stereocenters. The number of alkyl halides is 4. The Balaban J connectivity index is 1.66. The number of nitrogens with two attached hydrogens (primary N) is 1. The number of nitrogens with zero attached hydrogens (tertiary/aromatic N) is 1. The van der Waals surface area contributed by atoms with Crippen LogP contribution in [0, 0.1) is 5.41 Å². The fourth-order valence-corrected chi connectivity index (χ4v) is 3.12. The zero-order valence-corrected chi connectivity index (χ0v) is 17.7. The van der Waals surface area contributed by atoms with E-state index in [1.54, 1.807) is 18.2 Å². The molecule has 1 heterocycles. The molecule has 0 bridgehead atoms. The third-order valence-corrected chi connectivity index (χ3v) is 4.72. The van der Waals surface area contributed by atoms with Crippen LogP contribution in [0.1, 0.15) is 23.1 Å². The number of carbonyl (C=O) groups is 1. The van der Waals surface area contributed by atoms with E-state index >= 15 is 0 Å². The number of hydrogen-bond donors (Lipinski definition) is 4. The number of aromatic nitrogens is 1. The van der Waals surface area contributed by atoms with E-state index in [0.29, 0.717) is 22.7 Å². The van der Waals surface area contributed by atoms with Crippen LogP contribution in [0.2, 0.25) is 0 Å².